The summed E-state index contributed by atoms with van der Waals surface area (Å²) in [6.07, 6.45) is 5.84. The molecule has 0 fully saturated rings. The zero-order chi connectivity index (χ0) is 15.1. The molecule has 0 aromatic carbocycles. The number of rotatable bonds is 7. The first-order valence-electron chi connectivity index (χ1n) is 6.16. The average molecular weight is 300 g/mol. The highest BCUT2D eigenvalue weighted by atomic mass is 32.2. The van der Waals surface area contributed by atoms with E-state index in [2.05, 4.69) is 4.98 Å². The summed E-state index contributed by atoms with van der Waals surface area (Å²) in [6, 6.07) is -1.71. The quantitative estimate of drug-likeness (QED) is 0.512. The number of thioether (sulfide) groups is 1. The summed E-state index contributed by atoms with van der Waals surface area (Å²) in [7, 11) is 1.80. The summed E-state index contributed by atoms with van der Waals surface area (Å²) in [5.41, 5.74) is 12.1. The van der Waals surface area contributed by atoms with Crippen LogP contribution in [0.4, 0.5) is 0 Å². The van der Waals surface area contributed by atoms with Crippen molar-refractivity contribution in [2.75, 3.05) is 12.0 Å². The van der Waals surface area contributed by atoms with Crippen LogP contribution in [0.3, 0.4) is 0 Å². The topological polar surface area (TPSA) is 113 Å². The van der Waals surface area contributed by atoms with Crippen LogP contribution in [-0.2, 0) is 27.8 Å². The molecule has 8 heteroatoms. The number of nitrogens with two attached hydrogens (primary N) is 2. The Bertz CT molecular complexity index is 463. The van der Waals surface area contributed by atoms with E-state index >= 15 is 0 Å². The Morgan fingerprint density at radius 3 is 2.60 bits per heavy atom. The van der Waals surface area contributed by atoms with Crippen LogP contribution >= 0.6 is 11.8 Å². The van der Waals surface area contributed by atoms with Gasteiger partial charge in [0.1, 0.15) is 12.1 Å². The zero-order valence-electron chi connectivity index (χ0n) is 11.6. The van der Waals surface area contributed by atoms with Gasteiger partial charge < -0.3 is 20.8 Å². The van der Waals surface area contributed by atoms with Gasteiger partial charge in [0.05, 0.1) is 6.33 Å². The third-order valence-electron chi connectivity index (χ3n) is 2.79. The van der Waals surface area contributed by atoms with E-state index in [1.165, 1.54) is 0 Å². The van der Waals surface area contributed by atoms with Gasteiger partial charge in [-0.3, -0.25) is 0 Å². The Kier molecular flexibility index (Phi) is 6.69. The summed E-state index contributed by atoms with van der Waals surface area (Å²) in [4.78, 5) is 27.2. The van der Waals surface area contributed by atoms with Crippen LogP contribution in [-0.4, -0.2) is 45.6 Å². The van der Waals surface area contributed by atoms with E-state index in [1.807, 2.05) is 6.26 Å². The predicted octanol–water partition coefficient (Wildman–Crippen LogP) is -0.560. The van der Waals surface area contributed by atoms with Crippen molar-refractivity contribution in [3.63, 3.8) is 0 Å². The van der Waals surface area contributed by atoms with E-state index in [-0.39, 0.29) is 6.42 Å². The summed E-state index contributed by atoms with van der Waals surface area (Å²) >= 11 is 1.57. The Morgan fingerprint density at radius 1 is 1.40 bits per heavy atom. The number of aryl methyl sites for hydroxylation is 1. The first-order chi connectivity index (χ1) is 9.45. The Hall–Kier alpha value is -1.38. The maximum Gasteiger partial charge on any atom is 0.330 e. The smallest absolute Gasteiger partial charge is 0.330 e. The molecule has 20 heavy (non-hydrogen) atoms. The van der Waals surface area contributed by atoms with Crippen LogP contribution in [0.25, 0.3) is 0 Å². The molecule has 0 unspecified atom stereocenters. The van der Waals surface area contributed by atoms with E-state index < -0.39 is 24.0 Å². The minimum atomic E-state index is -0.915. The monoisotopic (exact) mass is 300 g/mol. The van der Waals surface area contributed by atoms with E-state index in [0.29, 0.717) is 6.42 Å². The molecule has 0 saturated heterocycles. The molecule has 2 atom stereocenters. The van der Waals surface area contributed by atoms with Gasteiger partial charge in [-0.25, -0.2) is 14.6 Å². The standard InChI is InChI=1S/C12H20N4O3S/c1-16-7-15-6-8(16)5-10(14)12(18)19-11(17)9(13)3-4-20-2/h6-7,9-10H,3-5,13-14H2,1-2H3/t9-,10-/m0/s1. The molecule has 1 rings (SSSR count). The molecular formula is C12H20N4O3S. The van der Waals surface area contributed by atoms with Gasteiger partial charge >= 0.3 is 11.9 Å². The van der Waals surface area contributed by atoms with Crippen LogP contribution in [0.1, 0.15) is 12.1 Å². The van der Waals surface area contributed by atoms with Crippen molar-refractivity contribution in [3.05, 3.63) is 18.2 Å². The van der Waals surface area contributed by atoms with Crippen molar-refractivity contribution in [1.29, 1.82) is 0 Å². The van der Waals surface area contributed by atoms with Gasteiger partial charge in [-0.15, -0.1) is 0 Å². The fraction of sp³-hybridized carbons (Fsp3) is 0.583. The average Bonchev–Trinajstić information content (AvgIpc) is 2.81. The second-order valence-electron chi connectivity index (χ2n) is 4.43. The van der Waals surface area contributed by atoms with Crippen molar-refractivity contribution in [1.82, 2.24) is 9.55 Å². The maximum absolute atomic E-state index is 11.7. The van der Waals surface area contributed by atoms with Gasteiger partial charge in [-0.1, -0.05) is 0 Å². The number of hydrogen-bond donors (Lipinski definition) is 2. The lowest BCUT2D eigenvalue weighted by Crippen LogP contribution is -2.41. The number of ether oxygens (including phenoxy) is 1. The van der Waals surface area contributed by atoms with Gasteiger partial charge in [-0.2, -0.15) is 11.8 Å². The number of hydrogen-bond acceptors (Lipinski definition) is 7. The number of nitrogens with zero attached hydrogens (tertiary/aromatic N) is 2. The van der Waals surface area contributed by atoms with Gasteiger partial charge in [0.15, 0.2) is 0 Å². The molecule has 4 N–H and O–H groups in total. The lowest BCUT2D eigenvalue weighted by atomic mass is 10.2. The Morgan fingerprint density at radius 2 is 2.05 bits per heavy atom. The fourth-order valence-electron chi connectivity index (χ4n) is 1.50. The summed E-state index contributed by atoms with van der Waals surface area (Å²) in [6.45, 7) is 0. The molecule has 0 aliphatic heterocycles. The molecule has 0 radical (unpaired) electrons. The molecule has 0 aliphatic carbocycles. The molecule has 0 saturated carbocycles. The van der Waals surface area contributed by atoms with Crippen LogP contribution < -0.4 is 11.5 Å². The number of imidazole rings is 1. The van der Waals surface area contributed by atoms with Crippen LogP contribution in [0.2, 0.25) is 0 Å². The molecule has 0 bridgehead atoms. The van der Waals surface area contributed by atoms with Crippen LogP contribution in [0.5, 0.6) is 0 Å². The fourth-order valence-corrected chi connectivity index (χ4v) is 1.99. The Labute approximate surface area is 122 Å². The van der Waals surface area contributed by atoms with Crippen molar-refractivity contribution in [2.45, 2.75) is 24.9 Å². The molecule has 7 nitrogen and oxygen atoms in total. The van der Waals surface area contributed by atoms with Gasteiger partial charge in [0, 0.05) is 25.4 Å². The third-order valence-corrected chi connectivity index (χ3v) is 3.43. The van der Waals surface area contributed by atoms with Crippen LogP contribution in [0.15, 0.2) is 12.5 Å². The first kappa shape index (κ1) is 16.7. The molecule has 1 aromatic heterocycles. The maximum atomic E-state index is 11.7. The third kappa shape index (κ3) is 4.95. The van der Waals surface area contributed by atoms with Gasteiger partial charge in [0.2, 0.25) is 0 Å². The number of esters is 2. The normalized spacial score (nSPS) is 13.8. The highest BCUT2D eigenvalue weighted by molar-refractivity contribution is 7.98. The largest absolute Gasteiger partial charge is 0.391 e. The first-order valence-corrected chi connectivity index (χ1v) is 7.56. The molecular weight excluding hydrogens is 280 g/mol. The molecule has 0 aliphatic rings. The summed E-state index contributed by atoms with van der Waals surface area (Å²) in [5.74, 6) is -0.772. The highest BCUT2D eigenvalue weighted by Gasteiger charge is 2.23. The minimum Gasteiger partial charge on any atom is -0.391 e. The van der Waals surface area contributed by atoms with Crippen molar-refractivity contribution < 1.29 is 14.3 Å². The predicted molar refractivity (Wildman–Crippen MR) is 77.0 cm³/mol. The van der Waals surface area contributed by atoms with Crippen molar-refractivity contribution in [3.8, 4) is 0 Å². The van der Waals surface area contributed by atoms with E-state index in [4.69, 9.17) is 16.2 Å². The SMILES string of the molecule is CSCC[C@H](N)C(=O)OC(=O)[C@@H](N)Cc1cncn1C. The number of carbonyl (C=O) groups is 2. The van der Waals surface area contributed by atoms with Crippen molar-refractivity contribution >= 4 is 23.7 Å². The van der Waals surface area contributed by atoms with Crippen molar-refractivity contribution in [2.24, 2.45) is 18.5 Å². The van der Waals surface area contributed by atoms with E-state index in [0.717, 1.165) is 11.4 Å². The molecule has 1 heterocycles. The lowest BCUT2D eigenvalue weighted by Gasteiger charge is -2.13. The molecule has 0 spiro atoms. The van der Waals surface area contributed by atoms with Gasteiger partial charge in [-0.05, 0) is 18.4 Å². The zero-order valence-corrected chi connectivity index (χ0v) is 12.4. The van der Waals surface area contributed by atoms with Gasteiger partial charge in [0.25, 0.3) is 0 Å². The van der Waals surface area contributed by atoms with E-state index in [9.17, 15) is 9.59 Å². The minimum absolute atomic E-state index is 0.253. The summed E-state index contributed by atoms with van der Waals surface area (Å²) < 4.78 is 6.44. The van der Waals surface area contributed by atoms with E-state index in [1.54, 1.807) is 35.9 Å². The number of aromatic nitrogens is 2. The lowest BCUT2D eigenvalue weighted by molar-refractivity contribution is -0.161. The second kappa shape index (κ2) is 8.03. The highest BCUT2D eigenvalue weighted by Crippen LogP contribution is 2.04. The molecule has 112 valence electrons. The summed E-state index contributed by atoms with van der Waals surface area (Å²) in [5, 5.41) is 0. The van der Waals surface area contributed by atoms with Crippen LogP contribution in [0, 0.1) is 0 Å². The number of carbonyl (C=O) groups excluding carboxylic acids is 2. The molecule has 0 amide bonds. The Balaban J connectivity index is 2.45. The second-order valence-corrected chi connectivity index (χ2v) is 5.42. The molecule has 1 aromatic rings.